The number of rotatable bonds is 6. The van der Waals surface area contributed by atoms with E-state index in [0.29, 0.717) is 12.2 Å². The van der Waals surface area contributed by atoms with Crippen LogP contribution in [0, 0.1) is 10.1 Å². The van der Waals surface area contributed by atoms with Crippen molar-refractivity contribution in [1.82, 2.24) is 10.2 Å². The Morgan fingerprint density at radius 3 is 2.60 bits per heavy atom. The number of benzene rings is 1. The van der Waals surface area contributed by atoms with Gasteiger partial charge in [-0.15, -0.1) is 0 Å². The summed E-state index contributed by atoms with van der Waals surface area (Å²) in [7, 11) is 5.42. The Labute approximate surface area is 118 Å². The second-order valence-corrected chi connectivity index (χ2v) is 4.88. The van der Waals surface area contributed by atoms with Crippen molar-refractivity contribution < 1.29 is 9.72 Å². The maximum atomic E-state index is 12.0. The van der Waals surface area contributed by atoms with Crippen molar-refractivity contribution in [2.24, 2.45) is 0 Å². The molecule has 0 spiro atoms. The van der Waals surface area contributed by atoms with E-state index in [1.807, 2.05) is 25.9 Å². The van der Waals surface area contributed by atoms with Crippen molar-refractivity contribution in [3.05, 3.63) is 33.9 Å². The van der Waals surface area contributed by atoms with Gasteiger partial charge in [0.25, 0.3) is 11.6 Å². The first-order valence-corrected chi connectivity index (χ1v) is 6.27. The predicted molar refractivity (Wildman–Crippen MR) is 78.1 cm³/mol. The minimum absolute atomic E-state index is 0.0412. The molecule has 110 valence electrons. The van der Waals surface area contributed by atoms with E-state index >= 15 is 0 Å². The molecule has 0 saturated carbocycles. The molecule has 1 rings (SSSR count). The second kappa shape index (κ2) is 6.85. The van der Waals surface area contributed by atoms with Gasteiger partial charge in [0.15, 0.2) is 0 Å². The van der Waals surface area contributed by atoms with Crippen LogP contribution >= 0.6 is 0 Å². The zero-order valence-electron chi connectivity index (χ0n) is 12.1. The van der Waals surface area contributed by atoms with Gasteiger partial charge < -0.3 is 15.5 Å². The van der Waals surface area contributed by atoms with Crippen LogP contribution in [0.3, 0.4) is 0 Å². The number of hydrogen-bond acceptors (Lipinski definition) is 5. The highest BCUT2D eigenvalue weighted by atomic mass is 16.6. The Balaban J connectivity index is 2.88. The molecule has 20 heavy (non-hydrogen) atoms. The normalized spacial score (nSPS) is 12.1. The number of nitro benzene ring substituents is 1. The van der Waals surface area contributed by atoms with Crippen LogP contribution in [-0.2, 0) is 0 Å². The molecule has 1 unspecified atom stereocenters. The van der Waals surface area contributed by atoms with E-state index in [1.54, 1.807) is 13.1 Å². The number of likely N-dealkylation sites (N-methyl/N-ethyl adjacent to an activating group) is 1. The van der Waals surface area contributed by atoms with Gasteiger partial charge in [0, 0.05) is 31.3 Å². The molecule has 0 saturated heterocycles. The smallest absolute Gasteiger partial charge is 0.293 e. The lowest BCUT2D eigenvalue weighted by Gasteiger charge is -2.18. The van der Waals surface area contributed by atoms with Gasteiger partial charge in [0.05, 0.1) is 4.92 Å². The number of nitro groups is 1. The zero-order chi connectivity index (χ0) is 15.3. The van der Waals surface area contributed by atoms with E-state index in [9.17, 15) is 14.9 Å². The molecule has 1 aromatic carbocycles. The Morgan fingerprint density at radius 2 is 2.10 bits per heavy atom. The van der Waals surface area contributed by atoms with E-state index in [2.05, 4.69) is 10.6 Å². The lowest BCUT2D eigenvalue weighted by Crippen LogP contribution is -2.39. The van der Waals surface area contributed by atoms with Crippen LogP contribution in [-0.4, -0.2) is 49.5 Å². The maximum absolute atomic E-state index is 12.0. The molecule has 0 aliphatic rings. The van der Waals surface area contributed by atoms with E-state index in [1.165, 1.54) is 12.1 Å². The standard InChI is InChI=1S/C13H20N4O3/c1-9(8-16(3)4)15-13(18)10-5-6-11(14-2)12(7-10)17(19)20/h5-7,9,14H,8H2,1-4H3,(H,15,18). The van der Waals surface area contributed by atoms with E-state index in [-0.39, 0.29) is 23.2 Å². The summed E-state index contributed by atoms with van der Waals surface area (Å²) in [4.78, 5) is 24.4. The molecule has 0 bridgehead atoms. The summed E-state index contributed by atoms with van der Waals surface area (Å²) in [5.41, 5.74) is 0.551. The van der Waals surface area contributed by atoms with Crippen molar-refractivity contribution in [2.75, 3.05) is 33.0 Å². The predicted octanol–water partition coefficient (Wildman–Crippen LogP) is 1.32. The SMILES string of the molecule is CNc1ccc(C(=O)NC(C)CN(C)C)cc1[N+](=O)[O-]. The first-order chi connectivity index (χ1) is 9.35. The zero-order valence-corrected chi connectivity index (χ0v) is 12.1. The van der Waals surface area contributed by atoms with Crippen molar-refractivity contribution in [1.29, 1.82) is 0 Å². The van der Waals surface area contributed by atoms with Crippen LogP contribution in [0.1, 0.15) is 17.3 Å². The number of amides is 1. The van der Waals surface area contributed by atoms with Gasteiger partial charge in [0.2, 0.25) is 0 Å². The molecule has 1 aromatic rings. The van der Waals surface area contributed by atoms with Gasteiger partial charge >= 0.3 is 0 Å². The van der Waals surface area contributed by atoms with Gasteiger partial charge in [-0.05, 0) is 33.2 Å². The highest BCUT2D eigenvalue weighted by Crippen LogP contribution is 2.24. The Kier molecular flexibility index (Phi) is 5.45. The molecule has 2 N–H and O–H groups in total. The van der Waals surface area contributed by atoms with Crippen molar-refractivity contribution in [3.63, 3.8) is 0 Å². The van der Waals surface area contributed by atoms with Crippen LogP contribution < -0.4 is 10.6 Å². The minimum atomic E-state index is -0.508. The molecule has 0 heterocycles. The molecule has 0 aliphatic carbocycles. The monoisotopic (exact) mass is 280 g/mol. The van der Waals surface area contributed by atoms with Gasteiger partial charge in [-0.3, -0.25) is 14.9 Å². The summed E-state index contributed by atoms with van der Waals surface area (Å²) in [5.74, 6) is -0.315. The summed E-state index contributed by atoms with van der Waals surface area (Å²) in [6, 6.07) is 4.34. The summed E-state index contributed by atoms with van der Waals surface area (Å²) in [5, 5.41) is 16.5. The highest BCUT2D eigenvalue weighted by Gasteiger charge is 2.17. The molecular weight excluding hydrogens is 260 g/mol. The summed E-state index contributed by atoms with van der Waals surface area (Å²) < 4.78 is 0. The third kappa shape index (κ3) is 4.20. The second-order valence-electron chi connectivity index (χ2n) is 4.88. The molecule has 0 radical (unpaired) electrons. The van der Waals surface area contributed by atoms with Crippen LogP contribution in [0.5, 0.6) is 0 Å². The molecule has 0 fully saturated rings. The van der Waals surface area contributed by atoms with E-state index < -0.39 is 4.92 Å². The van der Waals surface area contributed by atoms with Gasteiger partial charge in [-0.2, -0.15) is 0 Å². The topological polar surface area (TPSA) is 87.5 Å². The van der Waals surface area contributed by atoms with Crippen LogP contribution in [0.2, 0.25) is 0 Å². The maximum Gasteiger partial charge on any atom is 0.293 e. The number of carbonyl (C=O) groups excluding carboxylic acids is 1. The highest BCUT2D eigenvalue weighted by molar-refractivity contribution is 5.95. The third-order valence-electron chi connectivity index (χ3n) is 2.74. The minimum Gasteiger partial charge on any atom is -0.383 e. The Hall–Kier alpha value is -2.15. The van der Waals surface area contributed by atoms with Crippen LogP contribution in [0.4, 0.5) is 11.4 Å². The Morgan fingerprint density at radius 1 is 1.45 bits per heavy atom. The fourth-order valence-corrected chi connectivity index (χ4v) is 1.94. The lowest BCUT2D eigenvalue weighted by molar-refractivity contribution is -0.384. The van der Waals surface area contributed by atoms with Gasteiger partial charge in [-0.25, -0.2) is 0 Å². The van der Waals surface area contributed by atoms with E-state index in [4.69, 9.17) is 0 Å². The van der Waals surface area contributed by atoms with Crippen molar-refractivity contribution in [2.45, 2.75) is 13.0 Å². The summed E-state index contributed by atoms with van der Waals surface area (Å²) >= 11 is 0. The van der Waals surface area contributed by atoms with E-state index in [0.717, 1.165) is 0 Å². The average molecular weight is 280 g/mol. The average Bonchev–Trinajstić information content (AvgIpc) is 2.36. The molecule has 1 atom stereocenters. The Bertz CT molecular complexity index is 502. The largest absolute Gasteiger partial charge is 0.383 e. The summed E-state index contributed by atoms with van der Waals surface area (Å²) in [6.07, 6.45) is 0. The number of carbonyl (C=O) groups is 1. The van der Waals surface area contributed by atoms with Gasteiger partial charge in [-0.1, -0.05) is 0 Å². The molecular formula is C13H20N4O3. The number of nitrogens with zero attached hydrogens (tertiary/aromatic N) is 2. The fraction of sp³-hybridized carbons (Fsp3) is 0.462. The molecule has 7 heteroatoms. The van der Waals surface area contributed by atoms with Crippen LogP contribution in [0.15, 0.2) is 18.2 Å². The first-order valence-electron chi connectivity index (χ1n) is 6.27. The summed E-state index contributed by atoms with van der Waals surface area (Å²) in [6.45, 7) is 2.58. The molecule has 0 aliphatic heterocycles. The number of anilines is 1. The van der Waals surface area contributed by atoms with Gasteiger partial charge in [0.1, 0.15) is 5.69 Å². The number of hydrogen-bond donors (Lipinski definition) is 2. The third-order valence-corrected chi connectivity index (χ3v) is 2.74. The number of nitrogens with one attached hydrogen (secondary N) is 2. The first kappa shape index (κ1) is 15.9. The van der Waals surface area contributed by atoms with Crippen molar-refractivity contribution >= 4 is 17.3 Å². The molecule has 0 aromatic heterocycles. The van der Waals surface area contributed by atoms with Crippen LogP contribution in [0.25, 0.3) is 0 Å². The molecule has 7 nitrogen and oxygen atoms in total. The quantitative estimate of drug-likeness (QED) is 0.606. The van der Waals surface area contributed by atoms with Crippen molar-refractivity contribution in [3.8, 4) is 0 Å². The fourth-order valence-electron chi connectivity index (χ4n) is 1.94. The lowest BCUT2D eigenvalue weighted by atomic mass is 10.1. The molecule has 1 amide bonds.